The summed E-state index contributed by atoms with van der Waals surface area (Å²) in [7, 11) is 3.75. The SMILES string of the molecule is CCNC(=NCCCCNc1ccccn1)N(C)Cc1ccc(OC)cc1. The molecule has 0 unspecified atom stereocenters. The molecule has 27 heavy (non-hydrogen) atoms. The zero-order valence-corrected chi connectivity index (χ0v) is 16.6. The lowest BCUT2D eigenvalue weighted by Crippen LogP contribution is -2.38. The van der Waals surface area contributed by atoms with Gasteiger partial charge in [0, 0.05) is 39.4 Å². The van der Waals surface area contributed by atoms with E-state index in [1.54, 1.807) is 13.3 Å². The van der Waals surface area contributed by atoms with Crippen molar-refractivity contribution in [1.29, 1.82) is 0 Å². The van der Waals surface area contributed by atoms with E-state index >= 15 is 0 Å². The summed E-state index contributed by atoms with van der Waals surface area (Å²) < 4.78 is 5.21. The van der Waals surface area contributed by atoms with E-state index in [0.717, 1.165) is 56.5 Å². The van der Waals surface area contributed by atoms with Crippen LogP contribution in [0.5, 0.6) is 5.75 Å². The van der Waals surface area contributed by atoms with Gasteiger partial charge in [-0.15, -0.1) is 0 Å². The summed E-state index contributed by atoms with van der Waals surface area (Å²) in [4.78, 5) is 11.2. The predicted molar refractivity (Wildman–Crippen MR) is 112 cm³/mol. The van der Waals surface area contributed by atoms with Crippen molar-refractivity contribution in [3.63, 3.8) is 0 Å². The molecule has 0 radical (unpaired) electrons. The summed E-state index contributed by atoms with van der Waals surface area (Å²) in [5.74, 6) is 2.74. The molecule has 6 nitrogen and oxygen atoms in total. The molecular weight excluding hydrogens is 338 g/mol. The number of unbranched alkanes of at least 4 members (excludes halogenated alkanes) is 1. The molecular formula is C21H31N5O. The van der Waals surface area contributed by atoms with Crippen LogP contribution in [-0.2, 0) is 6.54 Å². The first kappa shape index (κ1) is 20.6. The maximum atomic E-state index is 5.21. The minimum absolute atomic E-state index is 0.803. The van der Waals surface area contributed by atoms with Crippen LogP contribution in [-0.4, -0.2) is 49.6 Å². The standard InChI is InChI=1S/C21H31N5O/c1-4-22-21(26(2)17-18-10-12-19(27-3)13-11-18)25-16-8-7-15-24-20-9-5-6-14-23-20/h5-6,9-14H,4,7-8,15-17H2,1-3H3,(H,22,25)(H,23,24). The van der Waals surface area contributed by atoms with Gasteiger partial charge in [-0.3, -0.25) is 4.99 Å². The van der Waals surface area contributed by atoms with Crippen molar-refractivity contribution in [1.82, 2.24) is 15.2 Å². The van der Waals surface area contributed by atoms with Crippen LogP contribution < -0.4 is 15.4 Å². The van der Waals surface area contributed by atoms with Gasteiger partial charge in [0.05, 0.1) is 7.11 Å². The number of guanidine groups is 1. The fourth-order valence-electron chi connectivity index (χ4n) is 2.65. The molecule has 0 aliphatic rings. The number of aromatic nitrogens is 1. The highest BCUT2D eigenvalue weighted by Gasteiger charge is 2.06. The average Bonchev–Trinajstić information content (AvgIpc) is 2.71. The molecule has 2 rings (SSSR count). The third kappa shape index (κ3) is 7.56. The summed E-state index contributed by atoms with van der Waals surface area (Å²) >= 11 is 0. The first-order valence-corrected chi connectivity index (χ1v) is 9.50. The van der Waals surface area contributed by atoms with Crippen molar-refractivity contribution in [3.8, 4) is 5.75 Å². The number of anilines is 1. The fraction of sp³-hybridized carbons (Fsp3) is 0.429. The van der Waals surface area contributed by atoms with E-state index in [-0.39, 0.29) is 0 Å². The highest BCUT2D eigenvalue weighted by Crippen LogP contribution is 2.12. The summed E-state index contributed by atoms with van der Waals surface area (Å²) in [6.45, 7) is 5.46. The first-order chi connectivity index (χ1) is 13.2. The molecule has 6 heteroatoms. The monoisotopic (exact) mass is 369 g/mol. The molecule has 1 heterocycles. The zero-order valence-electron chi connectivity index (χ0n) is 16.6. The number of hydrogen-bond acceptors (Lipinski definition) is 4. The van der Waals surface area contributed by atoms with Crippen molar-refractivity contribution in [3.05, 3.63) is 54.2 Å². The van der Waals surface area contributed by atoms with Gasteiger partial charge in [0.25, 0.3) is 0 Å². The Kier molecular flexibility index (Phi) is 8.96. The Morgan fingerprint density at radius 3 is 2.63 bits per heavy atom. The third-order valence-corrected chi connectivity index (χ3v) is 4.09. The van der Waals surface area contributed by atoms with Crippen LogP contribution >= 0.6 is 0 Å². The van der Waals surface area contributed by atoms with Gasteiger partial charge in [0.15, 0.2) is 5.96 Å². The highest BCUT2D eigenvalue weighted by molar-refractivity contribution is 5.79. The number of pyridine rings is 1. The van der Waals surface area contributed by atoms with Gasteiger partial charge in [-0.1, -0.05) is 18.2 Å². The molecule has 0 aliphatic carbocycles. The summed E-state index contributed by atoms with van der Waals surface area (Å²) in [6, 6.07) is 14.0. The van der Waals surface area contributed by atoms with Gasteiger partial charge in [-0.25, -0.2) is 4.98 Å². The van der Waals surface area contributed by atoms with Gasteiger partial charge >= 0.3 is 0 Å². The quantitative estimate of drug-likeness (QED) is 0.382. The molecule has 0 spiro atoms. The van der Waals surface area contributed by atoms with E-state index in [0.29, 0.717) is 0 Å². The van der Waals surface area contributed by atoms with E-state index in [1.165, 1.54) is 5.56 Å². The molecule has 0 saturated heterocycles. The third-order valence-electron chi connectivity index (χ3n) is 4.09. The number of aliphatic imine (C=N–C) groups is 1. The lowest BCUT2D eigenvalue weighted by atomic mass is 10.2. The van der Waals surface area contributed by atoms with Gasteiger partial charge < -0.3 is 20.3 Å². The van der Waals surface area contributed by atoms with Crippen molar-refractivity contribution in [2.45, 2.75) is 26.3 Å². The van der Waals surface area contributed by atoms with Gasteiger partial charge in [-0.2, -0.15) is 0 Å². The zero-order chi connectivity index (χ0) is 19.3. The van der Waals surface area contributed by atoms with Crippen molar-refractivity contribution < 1.29 is 4.74 Å². The number of benzene rings is 1. The van der Waals surface area contributed by atoms with Crippen LogP contribution in [0.1, 0.15) is 25.3 Å². The summed E-state index contributed by atoms with van der Waals surface area (Å²) in [6.07, 6.45) is 3.89. The second kappa shape index (κ2) is 11.8. The normalized spacial score (nSPS) is 11.1. The Morgan fingerprint density at radius 2 is 1.96 bits per heavy atom. The number of rotatable bonds is 10. The summed E-state index contributed by atoms with van der Waals surface area (Å²) in [5.41, 5.74) is 1.23. The first-order valence-electron chi connectivity index (χ1n) is 9.50. The van der Waals surface area contributed by atoms with Gasteiger partial charge in [0.1, 0.15) is 11.6 Å². The minimum atomic E-state index is 0.803. The molecule has 1 aromatic heterocycles. The molecule has 0 atom stereocenters. The molecule has 1 aromatic carbocycles. The highest BCUT2D eigenvalue weighted by atomic mass is 16.5. The second-order valence-electron chi connectivity index (χ2n) is 6.29. The predicted octanol–water partition coefficient (Wildman–Crippen LogP) is 3.38. The molecule has 2 N–H and O–H groups in total. The molecule has 146 valence electrons. The number of hydrogen-bond donors (Lipinski definition) is 2. The second-order valence-corrected chi connectivity index (χ2v) is 6.29. The molecule has 0 aliphatic heterocycles. The van der Waals surface area contributed by atoms with E-state index in [1.807, 2.05) is 30.3 Å². The van der Waals surface area contributed by atoms with E-state index in [2.05, 4.69) is 46.6 Å². The topological polar surface area (TPSA) is 61.8 Å². The number of nitrogens with zero attached hydrogens (tertiary/aromatic N) is 3. The van der Waals surface area contributed by atoms with Crippen LogP contribution in [0.4, 0.5) is 5.82 Å². The van der Waals surface area contributed by atoms with Gasteiger partial charge in [0.2, 0.25) is 0 Å². The molecule has 0 bridgehead atoms. The molecule has 2 aromatic rings. The van der Waals surface area contributed by atoms with Crippen LogP contribution in [0, 0.1) is 0 Å². The Labute approximate surface area is 162 Å². The van der Waals surface area contributed by atoms with Gasteiger partial charge in [-0.05, 0) is 49.6 Å². The fourth-order valence-corrected chi connectivity index (χ4v) is 2.65. The van der Waals surface area contributed by atoms with E-state index in [4.69, 9.17) is 9.73 Å². The lowest BCUT2D eigenvalue weighted by Gasteiger charge is -2.22. The maximum Gasteiger partial charge on any atom is 0.193 e. The molecule has 0 fully saturated rings. The van der Waals surface area contributed by atoms with Crippen molar-refractivity contribution in [2.75, 3.05) is 39.1 Å². The molecule has 0 amide bonds. The average molecular weight is 370 g/mol. The Bertz CT molecular complexity index is 673. The smallest absolute Gasteiger partial charge is 0.193 e. The van der Waals surface area contributed by atoms with Crippen LogP contribution in [0.2, 0.25) is 0 Å². The van der Waals surface area contributed by atoms with E-state index < -0.39 is 0 Å². The number of ether oxygens (including phenoxy) is 1. The Morgan fingerprint density at radius 1 is 1.15 bits per heavy atom. The maximum absolute atomic E-state index is 5.21. The number of methoxy groups -OCH3 is 1. The van der Waals surface area contributed by atoms with E-state index in [9.17, 15) is 0 Å². The summed E-state index contributed by atoms with van der Waals surface area (Å²) in [5, 5.41) is 6.69. The van der Waals surface area contributed by atoms with Crippen molar-refractivity contribution >= 4 is 11.8 Å². The largest absolute Gasteiger partial charge is 0.497 e. The lowest BCUT2D eigenvalue weighted by molar-refractivity contribution is 0.414. The Hall–Kier alpha value is -2.76. The van der Waals surface area contributed by atoms with Crippen molar-refractivity contribution in [2.24, 2.45) is 4.99 Å². The minimum Gasteiger partial charge on any atom is -0.497 e. The van der Waals surface area contributed by atoms with Crippen LogP contribution in [0.15, 0.2) is 53.7 Å². The van der Waals surface area contributed by atoms with Crippen LogP contribution in [0.3, 0.4) is 0 Å². The molecule has 0 saturated carbocycles. The Balaban J connectivity index is 1.76. The number of nitrogens with one attached hydrogen (secondary N) is 2. The van der Waals surface area contributed by atoms with Crippen LogP contribution in [0.25, 0.3) is 0 Å².